The lowest BCUT2D eigenvalue weighted by atomic mass is 9.77. The second-order valence-corrected chi connectivity index (χ2v) is 9.00. The highest BCUT2D eigenvalue weighted by molar-refractivity contribution is 5.81. The fourth-order valence-electron chi connectivity index (χ4n) is 4.64. The number of nitrogens with zero attached hydrogens (tertiary/aromatic N) is 7. The fraction of sp³-hybridized carbons (Fsp3) is 0.391. The van der Waals surface area contributed by atoms with Crippen LogP contribution in [0, 0.1) is 5.92 Å². The second kappa shape index (κ2) is 7.16. The molecule has 1 saturated heterocycles. The topological polar surface area (TPSA) is 84.9 Å². The number of phenolic OH excluding ortho intramolecular Hbond substituents is 1. The van der Waals surface area contributed by atoms with Crippen molar-refractivity contribution in [2.45, 2.75) is 38.8 Å². The average molecular weight is 418 g/mol. The van der Waals surface area contributed by atoms with Gasteiger partial charge in [-0.25, -0.2) is 4.68 Å². The van der Waals surface area contributed by atoms with Gasteiger partial charge >= 0.3 is 0 Å². The number of hydrogen-bond acceptors (Lipinski definition) is 6. The first-order valence-corrected chi connectivity index (χ1v) is 10.6. The summed E-state index contributed by atoms with van der Waals surface area (Å²) in [6, 6.07) is 9.83. The van der Waals surface area contributed by atoms with E-state index in [0.29, 0.717) is 23.2 Å². The molecule has 31 heavy (non-hydrogen) atoms. The van der Waals surface area contributed by atoms with Crippen molar-refractivity contribution in [2.75, 3.05) is 13.6 Å². The molecular weight excluding hydrogens is 390 g/mol. The standard InChI is InChI=1S/C23H27N7O/c1-15-20(8-10-28(4)23(15,2)3)29-11-7-16-13-19(25-26-22(16)29)18-6-5-17(14-21(18)31)30-12-9-24-27-30/h5-7,9,11-15,20,31H,8,10H2,1-4H3. The third-order valence-electron chi connectivity index (χ3n) is 7.20. The van der Waals surface area contributed by atoms with Gasteiger partial charge in [-0.1, -0.05) is 12.1 Å². The maximum atomic E-state index is 10.6. The van der Waals surface area contributed by atoms with Crippen LogP contribution in [0.5, 0.6) is 5.75 Å². The predicted octanol–water partition coefficient (Wildman–Crippen LogP) is 3.68. The molecule has 0 aliphatic carbocycles. The Morgan fingerprint density at radius 2 is 1.94 bits per heavy atom. The maximum Gasteiger partial charge on any atom is 0.162 e. The molecule has 1 aliphatic heterocycles. The summed E-state index contributed by atoms with van der Waals surface area (Å²) in [5.74, 6) is 0.600. The van der Waals surface area contributed by atoms with E-state index in [0.717, 1.165) is 29.7 Å². The number of phenols is 1. The van der Waals surface area contributed by atoms with Gasteiger partial charge in [-0.2, -0.15) is 0 Å². The lowest BCUT2D eigenvalue weighted by Crippen LogP contribution is -2.53. The number of likely N-dealkylation sites (tertiary alicyclic amines) is 1. The quantitative estimate of drug-likeness (QED) is 0.547. The number of rotatable bonds is 3. The Balaban J connectivity index is 1.49. The zero-order valence-electron chi connectivity index (χ0n) is 18.3. The highest BCUT2D eigenvalue weighted by Crippen LogP contribution is 2.40. The molecule has 1 N–H and O–H groups in total. The number of fused-ring (bicyclic) bond motifs is 1. The number of benzene rings is 1. The first-order valence-electron chi connectivity index (χ1n) is 10.6. The molecule has 0 bridgehead atoms. The number of aromatic nitrogens is 6. The minimum atomic E-state index is 0.116. The Morgan fingerprint density at radius 1 is 1.10 bits per heavy atom. The highest BCUT2D eigenvalue weighted by Gasteiger charge is 2.40. The van der Waals surface area contributed by atoms with E-state index < -0.39 is 0 Å². The molecule has 8 nitrogen and oxygen atoms in total. The van der Waals surface area contributed by atoms with Crippen molar-refractivity contribution in [3.8, 4) is 22.7 Å². The molecule has 5 rings (SSSR count). The molecular formula is C23H27N7O. The number of piperidine rings is 1. The molecule has 4 aromatic rings. The number of aromatic hydroxyl groups is 1. The van der Waals surface area contributed by atoms with Gasteiger partial charge < -0.3 is 14.6 Å². The Labute approximate surface area is 181 Å². The third kappa shape index (κ3) is 3.18. The van der Waals surface area contributed by atoms with Gasteiger partial charge in [-0.15, -0.1) is 15.3 Å². The van der Waals surface area contributed by atoms with Crippen LogP contribution in [0.4, 0.5) is 0 Å². The lowest BCUT2D eigenvalue weighted by Gasteiger charge is -2.49. The fourth-order valence-corrected chi connectivity index (χ4v) is 4.64. The zero-order valence-corrected chi connectivity index (χ0v) is 18.3. The van der Waals surface area contributed by atoms with Crippen molar-refractivity contribution in [3.63, 3.8) is 0 Å². The van der Waals surface area contributed by atoms with E-state index in [9.17, 15) is 5.11 Å². The van der Waals surface area contributed by atoms with Gasteiger partial charge in [0.2, 0.25) is 0 Å². The molecule has 0 saturated carbocycles. The van der Waals surface area contributed by atoms with Crippen molar-refractivity contribution in [1.82, 2.24) is 34.7 Å². The van der Waals surface area contributed by atoms with Gasteiger partial charge in [0.25, 0.3) is 0 Å². The summed E-state index contributed by atoms with van der Waals surface area (Å²) in [5, 5.41) is 28.4. The van der Waals surface area contributed by atoms with Crippen LogP contribution >= 0.6 is 0 Å². The van der Waals surface area contributed by atoms with Crippen LogP contribution < -0.4 is 0 Å². The Morgan fingerprint density at radius 3 is 2.68 bits per heavy atom. The molecule has 4 heterocycles. The maximum absolute atomic E-state index is 10.6. The van der Waals surface area contributed by atoms with E-state index in [1.807, 2.05) is 18.2 Å². The van der Waals surface area contributed by atoms with Gasteiger partial charge in [0.15, 0.2) is 5.65 Å². The smallest absolute Gasteiger partial charge is 0.162 e. The predicted molar refractivity (Wildman–Crippen MR) is 119 cm³/mol. The minimum absolute atomic E-state index is 0.116. The highest BCUT2D eigenvalue weighted by atomic mass is 16.3. The van der Waals surface area contributed by atoms with Gasteiger partial charge in [0.05, 0.1) is 23.8 Å². The normalized spacial score (nSPS) is 21.5. The van der Waals surface area contributed by atoms with Crippen molar-refractivity contribution < 1.29 is 5.11 Å². The molecule has 2 unspecified atom stereocenters. The largest absolute Gasteiger partial charge is 0.507 e. The molecule has 0 radical (unpaired) electrons. The van der Waals surface area contributed by atoms with Crippen LogP contribution in [0.15, 0.2) is 48.9 Å². The van der Waals surface area contributed by atoms with Crippen molar-refractivity contribution in [1.29, 1.82) is 0 Å². The Hall–Kier alpha value is -3.26. The van der Waals surface area contributed by atoms with Crippen LogP contribution in [0.1, 0.15) is 33.2 Å². The first kappa shape index (κ1) is 19.7. The molecule has 8 heteroatoms. The van der Waals surface area contributed by atoms with Crippen molar-refractivity contribution in [2.24, 2.45) is 5.92 Å². The van der Waals surface area contributed by atoms with E-state index >= 15 is 0 Å². The summed E-state index contributed by atoms with van der Waals surface area (Å²) >= 11 is 0. The van der Waals surface area contributed by atoms with Crippen LogP contribution in [-0.2, 0) is 0 Å². The Kier molecular flexibility index (Phi) is 4.55. The molecule has 3 aromatic heterocycles. The van der Waals surface area contributed by atoms with Crippen molar-refractivity contribution in [3.05, 3.63) is 48.9 Å². The molecule has 160 valence electrons. The molecule has 0 amide bonds. The Bertz CT molecular complexity index is 1230. The van der Waals surface area contributed by atoms with E-state index in [-0.39, 0.29) is 11.3 Å². The van der Waals surface area contributed by atoms with E-state index in [1.165, 1.54) is 0 Å². The zero-order chi connectivity index (χ0) is 21.8. The van der Waals surface area contributed by atoms with Crippen LogP contribution in [-0.4, -0.2) is 58.9 Å². The average Bonchev–Trinajstić information content (AvgIpc) is 3.42. The molecule has 1 aliphatic rings. The van der Waals surface area contributed by atoms with Crippen LogP contribution in [0.3, 0.4) is 0 Å². The molecule has 0 spiro atoms. The SMILES string of the molecule is CC1C(n2ccc3cc(-c4ccc(-n5ccnn5)cc4O)nnc32)CCN(C)C1(C)C. The first-order chi connectivity index (χ1) is 14.9. The van der Waals surface area contributed by atoms with Gasteiger partial charge in [0.1, 0.15) is 5.75 Å². The summed E-state index contributed by atoms with van der Waals surface area (Å²) in [4.78, 5) is 2.44. The van der Waals surface area contributed by atoms with E-state index in [1.54, 1.807) is 23.1 Å². The molecule has 2 atom stereocenters. The van der Waals surface area contributed by atoms with E-state index in [4.69, 9.17) is 0 Å². The number of hydrogen-bond donors (Lipinski definition) is 1. The second-order valence-electron chi connectivity index (χ2n) is 9.00. The summed E-state index contributed by atoms with van der Waals surface area (Å²) < 4.78 is 3.88. The summed E-state index contributed by atoms with van der Waals surface area (Å²) in [7, 11) is 2.20. The summed E-state index contributed by atoms with van der Waals surface area (Å²) in [5.41, 5.74) is 3.02. The van der Waals surface area contributed by atoms with E-state index in [2.05, 4.69) is 70.1 Å². The van der Waals surface area contributed by atoms with Gasteiger partial charge in [-0.05, 0) is 57.5 Å². The molecule has 1 aromatic carbocycles. The monoisotopic (exact) mass is 417 g/mol. The minimum Gasteiger partial charge on any atom is -0.507 e. The third-order valence-corrected chi connectivity index (χ3v) is 7.20. The van der Waals surface area contributed by atoms with Crippen molar-refractivity contribution >= 4 is 11.0 Å². The van der Waals surface area contributed by atoms with Crippen LogP contribution in [0.2, 0.25) is 0 Å². The van der Waals surface area contributed by atoms with Gasteiger partial charge in [0, 0.05) is 41.3 Å². The molecule has 1 fully saturated rings. The lowest BCUT2D eigenvalue weighted by molar-refractivity contribution is 0.0194. The van der Waals surface area contributed by atoms with Crippen LogP contribution in [0.25, 0.3) is 28.0 Å². The summed E-state index contributed by atoms with van der Waals surface area (Å²) in [6.45, 7) is 8.00. The van der Waals surface area contributed by atoms with Gasteiger partial charge in [-0.3, -0.25) is 0 Å². The summed E-state index contributed by atoms with van der Waals surface area (Å²) in [6.07, 6.45) is 6.54.